The lowest BCUT2D eigenvalue weighted by atomic mass is 10.1. The van der Waals surface area contributed by atoms with Gasteiger partial charge in [0.25, 0.3) is 0 Å². The normalized spacial score (nSPS) is 27.7. The van der Waals surface area contributed by atoms with Gasteiger partial charge in [-0.25, -0.2) is 4.98 Å². The Morgan fingerprint density at radius 3 is 3.08 bits per heavy atom. The quantitative estimate of drug-likeness (QED) is 0.744. The summed E-state index contributed by atoms with van der Waals surface area (Å²) in [5, 5.41) is 13.7. The topological polar surface area (TPSA) is 62.2 Å². The molecule has 1 fully saturated rings. The highest BCUT2D eigenvalue weighted by Gasteiger charge is 2.30. The highest BCUT2D eigenvalue weighted by molar-refractivity contribution is 7.07. The largest absolute Gasteiger partial charge is 0.480 e. The van der Waals surface area contributed by atoms with E-state index in [1.807, 2.05) is 5.38 Å². The molecule has 0 bridgehead atoms. The summed E-state index contributed by atoms with van der Waals surface area (Å²) in [5.41, 5.74) is 2.74. The van der Waals surface area contributed by atoms with E-state index in [-0.39, 0.29) is 6.04 Å². The molecule has 0 radical (unpaired) electrons. The molecule has 1 aliphatic rings. The van der Waals surface area contributed by atoms with Gasteiger partial charge in [0, 0.05) is 5.38 Å². The van der Waals surface area contributed by atoms with Crippen LogP contribution in [0.3, 0.4) is 0 Å². The minimum Gasteiger partial charge on any atom is -0.480 e. The second-order valence-corrected chi connectivity index (χ2v) is 3.82. The number of thiazole rings is 1. The van der Waals surface area contributed by atoms with E-state index >= 15 is 0 Å². The Balaban J connectivity index is 2.03. The van der Waals surface area contributed by atoms with Crippen molar-refractivity contribution in [3.63, 3.8) is 0 Å². The summed E-state index contributed by atoms with van der Waals surface area (Å²) in [6.07, 6.45) is 1.55. The number of carboxylic acid groups (broad SMARTS) is 1. The number of carbonyl (C=O) groups is 1. The van der Waals surface area contributed by atoms with Gasteiger partial charge in [-0.15, -0.1) is 11.3 Å². The van der Waals surface area contributed by atoms with Gasteiger partial charge in [-0.2, -0.15) is 0 Å². The molecule has 4 nitrogen and oxygen atoms in total. The number of aromatic nitrogens is 1. The monoisotopic (exact) mass is 198 g/mol. The van der Waals surface area contributed by atoms with Crippen molar-refractivity contribution >= 4 is 17.3 Å². The third-order valence-corrected chi connectivity index (χ3v) is 2.86. The van der Waals surface area contributed by atoms with Gasteiger partial charge >= 0.3 is 5.97 Å². The van der Waals surface area contributed by atoms with Crippen molar-refractivity contribution in [1.29, 1.82) is 0 Å². The molecule has 1 saturated heterocycles. The van der Waals surface area contributed by atoms with Crippen LogP contribution in [0.2, 0.25) is 0 Å². The van der Waals surface area contributed by atoms with Gasteiger partial charge in [-0.3, -0.25) is 10.1 Å². The lowest BCUT2D eigenvalue weighted by Gasteiger charge is -2.08. The van der Waals surface area contributed by atoms with E-state index in [2.05, 4.69) is 10.3 Å². The molecule has 1 aliphatic heterocycles. The molecule has 13 heavy (non-hydrogen) atoms. The zero-order valence-corrected chi connectivity index (χ0v) is 7.75. The van der Waals surface area contributed by atoms with Crippen molar-refractivity contribution in [2.75, 3.05) is 0 Å². The van der Waals surface area contributed by atoms with E-state index in [0.717, 1.165) is 12.1 Å². The molecule has 2 rings (SSSR count). The van der Waals surface area contributed by atoms with Crippen molar-refractivity contribution in [3.05, 3.63) is 16.6 Å². The molecule has 5 heteroatoms. The molecule has 2 heterocycles. The maximum absolute atomic E-state index is 10.6. The Morgan fingerprint density at radius 2 is 2.54 bits per heavy atom. The Kier molecular flexibility index (Phi) is 2.28. The van der Waals surface area contributed by atoms with Gasteiger partial charge in [0.1, 0.15) is 6.04 Å². The second-order valence-electron chi connectivity index (χ2n) is 3.10. The van der Waals surface area contributed by atoms with Gasteiger partial charge in [0.2, 0.25) is 0 Å². The highest BCUT2D eigenvalue weighted by Crippen LogP contribution is 2.25. The van der Waals surface area contributed by atoms with Crippen LogP contribution in [0.15, 0.2) is 10.9 Å². The molecular formula is C8H10N2O2S. The lowest BCUT2D eigenvalue weighted by molar-refractivity contribution is -0.139. The third-order valence-electron chi connectivity index (χ3n) is 2.25. The molecule has 0 spiro atoms. The van der Waals surface area contributed by atoms with E-state index in [9.17, 15) is 4.79 Å². The summed E-state index contributed by atoms with van der Waals surface area (Å²) < 4.78 is 0. The number of aliphatic carboxylic acids is 1. The van der Waals surface area contributed by atoms with Crippen LogP contribution in [0.25, 0.3) is 0 Å². The fourth-order valence-corrected chi connectivity index (χ4v) is 2.17. The molecule has 0 amide bonds. The van der Waals surface area contributed by atoms with E-state index in [1.54, 1.807) is 5.51 Å². The number of nitrogens with one attached hydrogen (secondary N) is 1. The summed E-state index contributed by atoms with van der Waals surface area (Å²) in [6.45, 7) is 0. The minimum absolute atomic E-state index is 0.132. The van der Waals surface area contributed by atoms with Crippen LogP contribution in [0, 0.1) is 0 Å². The first-order chi connectivity index (χ1) is 6.27. The van der Waals surface area contributed by atoms with Crippen LogP contribution in [-0.4, -0.2) is 22.1 Å². The van der Waals surface area contributed by atoms with Crippen molar-refractivity contribution < 1.29 is 9.90 Å². The lowest BCUT2D eigenvalue weighted by Crippen LogP contribution is -2.31. The summed E-state index contributed by atoms with van der Waals surface area (Å²) in [5.74, 6) is -0.766. The minimum atomic E-state index is -0.766. The fourth-order valence-electron chi connectivity index (χ4n) is 1.56. The Hall–Kier alpha value is -0.940. The predicted molar refractivity (Wildman–Crippen MR) is 48.6 cm³/mol. The van der Waals surface area contributed by atoms with Gasteiger partial charge in [-0.1, -0.05) is 0 Å². The molecule has 0 aliphatic carbocycles. The number of hydrogen-bond donors (Lipinski definition) is 2. The molecule has 2 atom stereocenters. The van der Waals surface area contributed by atoms with Crippen LogP contribution in [-0.2, 0) is 4.79 Å². The average molecular weight is 198 g/mol. The fraction of sp³-hybridized carbons (Fsp3) is 0.500. The molecule has 2 unspecified atom stereocenters. The smallest absolute Gasteiger partial charge is 0.320 e. The number of carboxylic acids is 1. The molecule has 1 aromatic rings. The average Bonchev–Trinajstić information content (AvgIpc) is 2.75. The highest BCUT2D eigenvalue weighted by atomic mass is 32.1. The Bertz CT molecular complexity index is 299. The first-order valence-electron chi connectivity index (χ1n) is 4.14. The van der Waals surface area contributed by atoms with Crippen LogP contribution >= 0.6 is 11.3 Å². The molecule has 1 aromatic heterocycles. The summed E-state index contributed by atoms with van der Waals surface area (Å²) in [6, 6.07) is -0.265. The summed E-state index contributed by atoms with van der Waals surface area (Å²) >= 11 is 1.54. The zero-order chi connectivity index (χ0) is 9.26. The van der Waals surface area contributed by atoms with E-state index in [0.29, 0.717) is 6.42 Å². The number of rotatable bonds is 2. The van der Waals surface area contributed by atoms with Gasteiger partial charge in [0.05, 0.1) is 17.2 Å². The molecule has 2 N–H and O–H groups in total. The summed E-state index contributed by atoms with van der Waals surface area (Å²) in [7, 11) is 0. The Labute approximate surface area is 79.6 Å². The number of nitrogens with zero attached hydrogens (tertiary/aromatic N) is 1. The van der Waals surface area contributed by atoms with Gasteiger partial charge in [-0.05, 0) is 12.8 Å². The third kappa shape index (κ3) is 1.71. The molecule has 0 aromatic carbocycles. The van der Waals surface area contributed by atoms with Crippen LogP contribution in [0.5, 0.6) is 0 Å². The molecule has 70 valence electrons. The van der Waals surface area contributed by atoms with E-state index in [4.69, 9.17) is 5.11 Å². The first-order valence-corrected chi connectivity index (χ1v) is 5.08. The van der Waals surface area contributed by atoms with E-state index in [1.165, 1.54) is 11.3 Å². The Morgan fingerprint density at radius 1 is 1.69 bits per heavy atom. The zero-order valence-electron chi connectivity index (χ0n) is 6.93. The van der Waals surface area contributed by atoms with Crippen molar-refractivity contribution in [2.24, 2.45) is 0 Å². The van der Waals surface area contributed by atoms with Crippen LogP contribution < -0.4 is 5.32 Å². The predicted octanol–water partition coefficient (Wildman–Crippen LogP) is 1.02. The first kappa shape index (κ1) is 8.65. The SMILES string of the molecule is O=C(O)C1CCC(c2cscn2)N1. The summed E-state index contributed by atoms with van der Waals surface area (Å²) in [4.78, 5) is 14.8. The van der Waals surface area contributed by atoms with Crippen LogP contribution in [0.4, 0.5) is 0 Å². The van der Waals surface area contributed by atoms with Gasteiger partial charge < -0.3 is 5.11 Å². The van der Waals surface area contributed by atoms with Crippen molar-refractivity contribution in [3.8, 4) is 0 Å². The maximum Gasteiger partial charge on any atom is 0.320 e. The second kappa shape index (κ2) is 3.43. The van der Waals surface area contributed by atoms with Crippen molar-refractivity contribution in [2.45, 2.75) is 24.9 Å². The molecular weight excluding hydrogens is 188 g/mol. The van der Waals surface area contributed by atoms with Crippen LogP contribution in [0.1, 0.15) is 24.6 Å². The van der Waals surface area contributed by atoms with Gasteiger partial charge in [0.15, 0.2) is 0 Å². The van der Waals surface area contributed by atoms with Crippen molar-refractivity contribution in [1.82, 2.24) is 10.3 Å². The molecule has 0 saturated carbocycles. The van der Waals surface area contributed by atoms with E-state index < -0.39 is 12.0 Å². The maximum atomic E-state index is 10.6. The standard InChI is InChI=1S/C8H10N2O2S/c11-8(12)6-2-1-5(10-6)7-3-13-4-9-7/h3-6,10H,1-2H2,(H,11,12). The number of hydrogen-bond acceptors (Lipinski definition) is 4.